The Morgan fingerprint density at radius 1 is 0.925 bits per heavy atom. The first kappa shape index (κ1) is 27.6. The summed E-state index contributed by atoms with van der Waals surface area (Å²) in [6, 6.07) is 21.9. The number of piperazine rings is 1. The maximum absolute atomic E-state index is 12.8. The fourth-order valence-corrected chi connectivity index (χ4v) is 5.75. The molecule has 0 bridgehead atoms. The van der Waals surface area contributed by atoms with Crippen molar-refractivity contribution in [3.63, 3.8) is 0 Å². The number of nitrogens with two attached hydrogens (primary N) is 1. The molecule has 3 aromatic rings. The van der Waals surface area contributed by atoms with Gasteiger partial charge in [0.15, 0.2) is 5.78 Å². The highest BCUT2D eigenvalue weighted by atomic mass is 16.1. The van der Waals surface area contributed by atoms with Gasteiger partial charge in [-0.15, -0.1) is 0 Å². The summed E-state index contributed by atoms with van der Waals surface area (Å²) in [6.07, 6.45) is 2.52. The Balaban J connectivity index is 1.26. The van der Waals surface area contributed by atoms with Gasteiger partial charge in [-0.2, -0.15) is 0 Å². The number of anilines is 4. The van der Waals surface area contributed by atoms with E-state index < -0.39 is 5.91 Å². The number of hydrogen-bond donors (Lipinski definition) is 2. The zero-order valence-electron chi connectivity index (χ0n) is 23.6. The Morgan fingerprint density at radius 2 is 1.65 bits per heavy atom. The van der Waals surface area contributed by atoms with E-state index in [1.807, 2.05) is 48.5 Å². The number of primary amides is 1. The predicted octanol–water partition coefficient (Wildman–Crippen LogP) is 4.94. The summed E-state index contributed by atoms with van der Waals surface area (Å²) >= 11 is 0. The molecule has 0 saturated carbocycles. The molecule has 8 heteroatoms. The number of benzene rings is 2. The van der Waals surface area contributed by atoms with Crippen molar-refractivity contribution in [2.24, 2.45) is 11.7 Å². The number of carbonyl (C=O) groups excluding carboxylic acids is 2. The highest BCUT2D eigenvalue weighted by Crippen LogP contribution is 2.29. The number of hydrogen-bond acceptors (Lipinski definition) is 7. The van der Waals surface area contributed by atoms with Gasteiger partial charge in [-0.1, -0.05) is 30.3 Å². The average molecular weight is 541 g/mol. The molecule has 3 heterocycles. The van der Waals surface area contributed by atoms with Crippen LogP contribution in [0.25, 0.3) is 0 Å². The van der Waals surface area contributed by atoms with Crippen LogP contribution in [0.3, 0.4) is 0 Å². The van der Waals surface area contributed by atoms with Crippen molar-refractivity contribution in [3.05, 3.63) is 77.9 Å². The summed E-state index contributed by atoms with van der Waals surface area (Å²) in [4.78, 5) is 37.0. The van der Waals surface area contributed by atoms with Gasteiger partial charge in [-0.3, -0.25) is 14.5 Å². The van der Waals surface area contributed by atoms with E-state index in [0.717, 1.165) is 69.2 Å². The summed E-state index contributed by atoms with van der Waals surface area (Å²) in [5.74, 6) is 1.14. The lowest BCUT2D eigenvalue weighted by Crippen LogP contribution is -2.48. The molecule has 3 N–H and O–H groups in total. The number of aromatic nitrogens is 1. The molecule has 2 saturated heterocycles. The summed E-state index contributed by atoms with van der Waals surface area (Å²) in [5.41, 5.74) is 8.86. The van der Waals surface area contributed by atoms with E-state index >= 15 is 0 Å². The minimum absolute atomic E-state index is 0.178. The highest BCUT2D eigenvalue weighted by molar-refractivity contribution is 5.98. The largest absolute Gasteiger partial charge is 0.369 e. The Kier molecular flexibility index (Phi) is 8.65. The van der Waals surface area contributed by atoms with Crippen molar-refractivity contribution in [1.82, 2.24) is 9.88 Å². The van der Waals surface area contributed by atoms with Gasteiger partial charge in [0.2, 0.25) is 0 Å². The molecular formula is C32H40N6O2. The van der Waals surface area contributed by atoms with Crippen molar-refractivity contribution >= 4 is 34.7 Å². The lowest BCUT2D eigenvalue weighted by Gasteiger charge is -2.38. The van der Waals surface area contributed by atoms with Crippen molar-refractivity contribution in [3.8, 4) is 0 Å². The molecule has 2 aromatic carbocycles. The SMILES string of the molecule is CC(C)N1CCN(c2ccc(Nc3nc(N4CCC[C@@H](CC(=O)c5ccccc5)C4)ccc3C(N)=O)cc2)CC1. The van der Waals surface area contributed by atoms with Gasteiger partial charge in [-0.05, 0) is 69.0 Å². The van der Waals surface area contributed by atoms with Crippen LogP contribution in [0.2, 0.25) is 0 Å². The summed E-state index contributed by atoms with van der Waals surface area (Å²) in [6.45, 7) is 10.2. The third-order valence-electron chi connectivity index (χ3n) is 8.10. The molecule has 40 heavy (non-hydrogen) atoms. The van der Waals surface area contributed by atoms with Crippen LogP contribution in [0, 0.1) is 5.92 Å². The third kappa shape index (κ3) is 6.62. The summed E-state index contributed by atoms with van der Waals surface area (Å²) in [5, 5.41) is 3.33. The molecule has 1 atom stereocenters. The molecule has 2 aliphatic rings. The van der Waals surface area contributed by atoms with Crippen LogP contribution >= 0.6 is 0 Å². The molecule has 1 amide bonds. The van der Waals surface area contributed by atoms with Gasteiger partial charge in [0.1, 0.15) is 11.6 Å². The van der Waals surface area contributed by atoms with Crippen LogP contribution in [0.5, 0.6) is 0 Å². The maximum atomic E-state index is 12.8. The van der Waals surface area contributed by atoms with E-state index in [1.54, 1.807) is 6.07 Å². The number of nitrogens with one attached hydrogen (secondary N) is 1. The molecule has 2 aliphatic heterocycles. The zero-order valence-corrected chi connectivity index (χ0v) is 23.6. The average Bonchev–Trinajstić information content (AvgIpc) is 2.98. The molecule has 8 nitrogen and oxygen atoms in total. The smallest absolute Gasteiger partial charge is 0.252 e. The number of nitrogens with zero attached hydrogens (tertiary/aromatic N) is 4. The number of rotatable bonds is 9. The van der Waals surface area contributed by atoms with Gasteiger partial charge in [0.05, 0.1) is 5.56 Å². The number of piperidine rings is 1. The lowest BCUT2D eigenvalue weighted by molar-refractivity contribution is 0.0955. The third-order valence-corrected chi connectivity index (χ3v) is 8.10. The molecule has 0 aliphatic carbocycles. The first-order valence-electron chi connectivity index (χ1n) is 14.4. The van der Waals surface area contributed by atoms with Crippen LogP contribution in [-0.4, -0.2) is 66.9 Å². The Hall–Kier alpha value is -3.91. The Bertz CT molecular complexity index is 1300. The quantitative estimate of drug-likeness (QED) is 0.371. The molecule has 1 aromatic heterocycles. The van der Waals surface area contributed by atoms with Crippen LogP contribution in [-0.2, 0) is 0 Å². The second-order valence-corrected chi connectivity index (χ2v) is 11.2. The topological polar surface area (TPSA) is 94.8 Å². The van der Waals surface area contributed by atoms with E-state index in [2.05, 4.69) is 46.0 Å². The van der Waals surface area contributed by atoms with Gasteiger partial charge in [0, 0.05) is 68.7 Å². The fourth-order valence-electron chi connectivity index (χ4n) is 5.75. The number of amides is 1. The van der Waals surface area contributed by atoms with Crippen LogP contribution in [0.1, 0.15) is 53.8 Å². The lowest BCUT2D eigenvalue weighted by atomic mass is 9.91. The number of carbonyl (C=O) groups is 2. The van der Waals surface area contributed by atoms with E-state index in [1.165, 1.54) is 5.69 Å². The molecule has 0 spiro atoms. The second-order valence-electron chi connectivity index (χ2n) is 11.2. The highest BCUT2D eigenvalue weighted by Gasteiger charge is 2.25. The van der Waals surface area contributed by atoms with E-state index in [9.17, 15) is 9.59 Å². The van der Waals surface area contributed by atoms with Crippen LogP contribution < -0.4 is 20.9 Å². The normalized spacial score (nSPS) is 18.1. The molecule has 5 rings (SSSR count). The molecular weight excluding hydrogens is 500 g/mol. The van der Waals surface area contributed by atoms with Crippen LogP contribution in [0.15, 0.2) is 66.7 Å². The minimum atomic E-state index is -0.522. The Labute approximate surface area is 237 Å². The molecule has 2 fully saturated rings. The van der Waals surface area contributed by atoms with Crippen molar-refractivity contribution in [1.29, 1.82) is 0 Å². The number of Topliss-reactive ketones (excluding diaryl/α,β-unsaturated/α-hetero) is 1. The monoisotopic (exact) mass is 540 g/mol. The Morgan fingerprint density at radius 3 is 2.33 bits per heavy atom. The van der Waals surface area contributed by atoms with Crippen LogP contribution in [0.4, 0.5) is 23.0 Å². The van der Waals surface area contributed by atoms with Crippen molar-refractivity contribution in [2.75, 3.05) is 54.4 Å². The number of pyridine rings is 1. The summed E-state index contributed by atoms with van der Waals surface area (Å²) < 4.78 is 0. The van der Waals surface area contributed by atoms with Gasteiger partial charge < -0.3 is 20.9 Å². The van der Waals surface area contributed by atoms with Gasteiger partial charge in [-0.25, -0.2) is 4.98 Å². The first-order valence-corrected chi connectivity index (χ1v) is 14.4. The van der Waals surface area contributed by atoms with Gasteiger partial charge >= 0.3 is 0 Å². The maximum Gasteiger partial charge on any atom is 0.252 e. The first-order chi connectivity index (χ1) is 19.4. The number of ketones is 1. The predicted molar refractivity (Wildman–Crippen MR) is 162 cm³/mol. The standard InChI is InChI=1S/C32H40N6O2/c1-23(2)36-17-19-37(20-18-36)27-12-10-26(11-13-27)34-32-28(31(33)40)14-15-30(35-32)38-16-6-7-24(22-38)21-29(39)25-8-4-3-5-9-25/h3-5,8-15,23-24H,6-7,16-22H2,1-2H3,(H2,33,40)(H,34,35)/t24-/m0/s1. The minimum Gasteiger partial charge on any atom is -0.369 e. The van der Waals surface area contributed by atoms with E-state index in [0.29, 0.717) is 23.8 Å². The van der Waals surface area contributed by atoms with Gasteiger partial charge in [0.25, 0.3) is 5.91 Å². The second kappa shape index (κ2) is 12.5. The molecule has 210 valence electrons. The summed E-state index contributed by atoms with van der Waals surface area (Å²) in [7, 11) is 0. The van der Waals surface area contributed by atoms with Crippen molar-refractivity contribution in [2.45, 2.75) is 39.2 Å². The molecule has 0 radical (unpaired) electrons. The van der Waals surface area contributed by atoms with Crippen molar-refractivity contribution < 1.29 is 9.59 Å². The zero-order chi connectivity index (χ0) is 28.1. The fraction of sp³-hybridized carbons (Fsp3) is 0.406. The van der Waals surface area contributed by atoms with E-state index in [4.69, 9.17) is 10.7 Å². The molecule has 0 unspecified atom stereocenters. The van der Waals surface area contributed by atoms with E-state index in [-0.39, 0.29) is 11.7 Å².